The molecule has 0 spiro atoms. The molecule has 1 fully saturated rings. The number of hydrogen-bond donors (Lipinski definition) is 2. The van der Waals surface area contributed by atoms with Crippen molar-refractivity contribution >= 4 is 16.8 Å². The van der Waals surface area contributed by atoms with Crippen LogP contribution in [0.4, 0.5) is 0 Å². The minimum Gasteiger partial charge on any atom is -0.392 e. The standard InChI is InChI=1S/C17H22N2O2/c1-11-8-12-6-4-5-7-13(12)19(11)10-16(21)18-14-9-15(20)17(14,2)3/h4-8,14-15,20H,9-10H2,1-3H3,(H,18,21). The van der Waals surface area contributed by atoms with E-state index in [2.05, 4.69) is 17.4 Å². The number of aromatic nitrogens is 1. The summed E-state index contributed by atoms with van der Waals surface area (Å²) in [4.78, 5) is 12.3. The first-order valence-electron chi connectivity index (χ1n) is 7.42. The predicted octanol–water partition coefficient (Wildman–Crippen LogP) is 2.23. The number of aliphatic hydroxyl groups excluding tert-OH is 1. The van der Waals surface area contributed by atoms with Gasteiger partial charge >= 0.3 is 0 Å². The molecule has 0 aliphatic heterocycles. The third kappa shape index (κ3) is 2.33. The van der Waals surface area contributed by atoms with Gasteiger partial charge in [-0.05, 0) is 30.9 Å². The van der Waals surface area contributed by atoms with Gasteiger partial charge in [0.2, 0.25) is 5.91 Å². The average molecular weight is 286 g/mol. The number of para-hydroxylation sites is 1. The van der Waals surface area contributed by atoms with Crippen LogP contribution in [0.5, 0.6) is 0 Å². The van der Waals surface area contributed by atoms with Crippen molar-refractivity contribution < 1.29 is 9.90 Å². The summed E-state index contributed by atoms with van der Waals surface area (Å²) in [5.41, 5.74) is 1.93. The van der Waals surface area contributed by atoms with E-state index >= 15 is 0 Å². The molecule has 2 unspecified atom stereocenters. The molecule has 0 bridgehead atoms. The van der Waals surface area contributed by atoms with Gasteiger partial charge in [0, 0.05) is 22.7 Å². The number of fused-ring (bicyclic) bond motifs is 1. The van der Waals surface area contributed by atoms with E-state index in [9.17, 15) is 9.90 Å². The van der Waals surface area contributed by atoms with Gasteiger partial charge in [-0.3, -0.25) is 4.79 Å². The van der Waals surface area contributed by atoms with Gasteiger partial charge in [0.15, 0.2) is 0 Å². The molecule has 1 amide bonds. The molecule has 1 aromatic heterocycles. The number of hydrogen-bond acceptors (Lipinski definition) is 2. The highest BCUT2D eigenvalue weighted by Crippen LogP contribution is 2.40. The monoisotopic (exact) mass is 286 g/mol. The fourth-order valence-electron chi connectivity index (χ4n) is 3.09. The molecule has 1 heterocycles. The van der Waals surface area contributed by atoms with Crippen molar-refractivity contribution in [1.82, 2.24) is 9.88 Å². The van der Waals surface area contributed by atoms with Crippen LogP contribution in [-0.4, -0.2) is 27.7 Å². The minimum absolute atomic E-state index is 0.00410. The Balaban J connectivity index is 1.74. The van der Waals surface area contributed by atoms with Crippen LogP contribution in [0.15, 0.2) is 30.3 Å². The Hall–Kier alpha value is -1.81. The first-order valence-corrected chi connectivity index (χ1v) is 7.42. The molecule has 2 N–H and O–H groups in total. The van der Waals surface area contributed by atoms with Gasteiger partial charge in [-0.2, -0.15) is 0 Å². The van der Waals surface area contributed by atoms with Crippen LogP contribution in [0.25, 0.3) is 10.9 Å². The molecule has 1 aliphatic rings. The van der Waals surface area contributed by atoms with E-state index in [1.807, 2.05) is 43.5 Å². The second kappa shape index (κ2) is 4.88. The Labute approximate surface area is 124 Å². The lowest BCUT2D eigenvalue weighted by Gasteiger charge is -2.49. The fraction of sp³-hybridized carbons (Fsp3) is 0.471. The Morgan fingerprint density at radius 2 is 2.14 bits per heavy atom. The predicted molar refractivity (Wildman–Crippen MR) is 83.0 cm³/mol. The molecule has 112 valence electrons. The van der Waals surface area contributed by atoms with Gasteiger partial charge < -0.3 is 15.0 Å². The van der Waals surface area contributed by atoms with Gasteiger partial charge in [0.1, 0.15) is 6.54 Å². The van der Waals surface area contributed by atoms with Crippen LogP contribution < -0.4 is 5.32 Å². The molecule has 21 heavy (non-hydrogen) atoms. The summed E-state index contributed by atoms with van der Waals surface area (Å²) in [6, 6.07) is 10.2. The molecule has 2 atom stereocenters. The van der Waals surface area contributed by atoms with Gasteiger partial charge in [-0.15, -0.1) is 0 Å². The largest absolute Gasteiger partial charge is 0.392 e. The quantitative estimate of drug-likeness (QED) is 0.909. The van der Waals surface area contributed by atoms with Gasteiger partial charge in [-0.1, -0.05) is 32.0 Å². The van der Waals surface area contributed by atoms with Crippen molar-refractivity contribution in [3.8, 4) is 0 Å². The number of carbonyl (C=O) groups is 1. The summed E-state index contributed by atoms with van der Waals surface area (Å²) in [7, 11) is 0. The lowest BCUT2D eigenvalue weighted by molar-refractivity contribution is -0.129. The molecule has 1 aromatic carbocycles. The second-order valence-corrected chi connectivity index (χ2v) is 6.62. The van der Waals surface area contributed by atoms with Gasteiger partial charge in [0.05, 0.1) is 6.10 Å². The van der Waals surface area contributed by atoms with E-state index in [0.717, 1.165) is 16.6 Å². The maximum atomic E-state index is 12.3. The third-order valence-electron chi connectivity index (χ3n) is 4.87. The number of carbonyl (C=O) groups excluding carboxylic acids is 1. The van der Waals surface area contributed by atoms with Crippen LogP contribution >= 0.6 is 0 Å². The summed E-state index contributed by atoms with van der Waals surface area (Å²) < 4.78 is 2.03. The minimum atomic E-state index is -0.322. The number of aryl methyl sites for hydroxylation is 1. The van der Waals surface area contributed by atoms with E-state index in [4.69, 9.17) is 0 Å². The van der Waals surface area contributed by atoms with Crippen LogP contribution in [0.2, 0.25) is 0 Å². The highest BCUT2D eigenvalue weighted by atomic mass is 16.3. The molecule has 3 rings (SSSR count). The van der Waals surface area contributed by atoms with E-state index in [1.54, 1.807) is 0 Å². The summed E-state index contributed by atoms with van der Waals surface area (Å²) in [6.07, 6.45) is 0.321. The third-order valence-corrected chi connectivity index (χ3v) is 4.87. The highest BCUT2D eigenvalue weighted by Gasteiger charge is 2.47. The van der Waals surface area contributed by atoms with E-state index in [0.29, 0.717) is 13.0 Å². The Kier molecular flexibility index (Phi) is 3.29. The highest BCUT2D eigenvalue weighted by molar-refractivity contribution is 5.84. The van der Waals surface area contributed by atoms with Crippen molar-refractivity contribution in [3.63, 3.8) is 0 Å². The Bertz CT molecular complexity index is 687. The van der Waals surface area contributed by atoms with Gasteiger partial charge in [0.25, 0.3) is 0 Å². The van der Waals surface area contributed by atoms with Crippen LogP contribution in [-0.2, 0) is 11.3 Å². The molecule has 1 saturated carbocycles. The normalized spacial score (nSPS) is 23.8. The number of rotatable bonds is 3. The number of amides is 1. The van der Waals surface area contributed by atoms with Crippen molar-refractivity contribution in [1.29, 1.82) is 0 Å². The molecule has 2 aromatic rings. The molecule has 4 heteroatoms. The SMILES string of the molecule is Cc1cc2ccccc2n1CC(=O)NC1CC(O)C1(C)C. The summed E-state index contributed by atoms with van der Waals surface area (Å²) in [5, 5.41) is 13.9. The van der Waals surface area contributed by atoms with Crippen LogP contribution in [0, 0.1) is 12.3 Å². The summed E-state index contributed by atoms with van der Waals surface area (Å²) >= 11 is 0. The zero-order valence-electron chi connectivity index (χ0n) is 12.8. The van der Waals surface area contributed by atoms with E-state index in [-0.39, 0.29) is 23.5 Å². The number of aliphatic hydroxyl groups is 1. The average Bonchev–Trinajstić information content (AvgIpc) is 2.75. The van der Waals surface area contributed by atoms with Crippen molar-refractivity contribution in [3.05, 3.63) is 36.0 Å². The van der Waals surface area contributed by atoms with E-state index < -0.39 is 0 Å². The van der Waals surface area contributed by atoms with Crippen molar-refractivity contribution in [2.24, 2.45) is 5.41 Å². The Morgan fingerprint density at radius 3 is 2.81 bits per heavy atom. The fourth-order valence-corrected chi connectivity index (χ4v) is 3.09. The molecular weight excluding hydrogens is 264 g/mol. The topological polar surface area (TPSA) is 54.3 Å². The van der Waals surface area contributed by atoms with Crippen molar-refractivity contribution in [2.75, 3.05) is 0 Å². The first-order chi connectivity index (χ1) is 9.89. The Morgan fingerprint density at radius 1 is 1.43 bits per heavy atom. The number of nitrogens with zero attached hydrogens (tertiary/aromatic N) is 1. The summed E-state index contributed by atoms with van der Waals surface area (Å²) in [5.74, 6) is 0.00410. The number of nitrogens with one attached hydrogen (secondary N) is 1. The van der Waals surface area contributed by atoms with Crippen LogP contribution in [0.1, 0.15) is 26.0 Å². The lowest BCUT2D eigenvalue weighted by Crippen LogP contribution is -2.61. The lowest BCUT2D eigenvalue weighted by atomic mass is 9.64. The maximum Gasteiger partial charge on any atom is 0.240 e. The number of benzene rings is 1. The molecule has 1 aliphatic carbocycles. The summed E-state index contributed by atoms with van der Waals surface area (Å²) in [6.45, 7) is 6.32. The van der Waals surface area contributed by atoms with Crippen LogP contribution in [0.3, 0.4) is 0 Å². The smallest absolute Gasteiger partial charge is 0.240 e. The van der Waals surface area contributed by atoms with Crippen molar-refractivity contribution in [2.45, 2.75) is 45.9 Å². The molecule has 0 radical (unpaired) electrons. The maximum absolute atomic E-state index is 12.3. The van der Waals surface area contributed by atoms with E-state index in [1.165, 1.54) is 0 Å². The molecule has 0 saturated heterocycles. The first kappa shape index (κ1) is 14.1. The van der Waals surface area contributed by atoms with Gasteiger partial charge in [-0.25, -0.2) is 0 Å². The molecular formula is C17H22N2O2. The second-order valence-electron chi connectivity index (χ2n) is 6.62. The molecule has 4 nitrogen and oxygen atoms in total. The zero-order valence-corrected chi connectivity index (χ0v) is 12.8. The zero-order chi connectivity index (χ0) is 15.2.